The molecular weight excluding hydrogens is 258 g/mol. The van der Waals surface area contributed by atoms with Crippen molar-refractivity contribution in [2.45, 2.75) is 13.3 Å². The molecule has 0 N–H and O–H groups in total. The molecule has 0 amide bonds. The summed E-state index contributed by atoms with van der Waals surface area (Å²) >= 11 is 0. The van der Waals surface area contributed by atoms with Gasteiger partial charge in [-0.1, -0.05) is 0 Å². The van der Waals surface area contributed by atoms with Gasteiger partial charge in [0, 0.05) is 24.8 Å². The van der Waals surface area contributed by atoms with Crippen LogP contribution in [0.2, 0.25) is 0 Å². The standard InChI is InChI=1S/C15H21NO4/c1-4-20-15(17)11-7-8-16(10-11)12-5-6-13(18-2)14(9-12)19-3/h5-6,9,11H,4,7-8,10H2,1-3H3. The van der Waals surface area contributed by atoms with Gasteiger partial charge in [0.1, 0.15) is 0 Å². The lowest BCUT2D eigenvalue weighted by Gasteiger charge is -2.20. The smallest absolute Gasteiger partial charge is 0.310 e. The molecule has 1 heterocycles. The third-order valence-electron chi connectivity index (χ3n) is 3.54. The molecule has 0 aromatic heterocycles. The molecule has 1 aromatic carbocycles. The van der Waals surface area contributed by atoms with E-state index in [1.807, 2.05) is 25.1 Å². The first-order valence-electron chi connectivity index (χ1n) is 6.83. The fourth-order valence-electron chi connectivity index (χ4n) is 2.47. The van der Waals surface area contributed by atoms with Gasteiger partial charge in [0.2, 0.25) is 0 Å². The molecule has 1 aliphatic rings. The SMILES string of the molecule is CCOC(=O)C1CCN(c2ccc(OC)c(OC)c2)C1. The van der Waals surface area contributed by atoms with Crippen LogP contribution in [0.15, 0.2) is 18.2 Å². The van der Waals surface area contributed by atoms with Gasteiger partial charge in [-0.05, 0) is 25.5 Å². The normalized spacial score (nSPS) is 17.9. The van der Waals surface area contributed by atoms with E-state index in [0.717, 1.165) is 18.7 Å². The zero-order chi connectivity index (χ0) is 14.5. The van der Waals surface area contributed by atoms with Gasteiger partial charge in [0.05, 0.1) is 26.7 Å². The van der Waals surface area contributed by atoms with E-state index >= 15 is 0 Å². The highest BCUT2D eigenvalue weighted by Crippen LogP contribution is 2.33. The Kier molecular flexibility index (Phi) is 4.71. The molecule has 110 valence electrons. The number of ether oxygens (including phenoxy) is 3. The summed E-state index contributed by atoms with van der Waals surface area (Å²) in [6.45, 7) is 3.80. The summed E-state index contributed by atoms with van der Waals surface area (Å²) < 4.78 is 15.6. The molecule has 1 atom stereocenters. The number of methoxy groups -OCH3 is 2. The third kappa shape index (κ3) is 2.98. The van der Waals surface area contributed by atoms with Crippen LogP contribution in [0.5, 0.6) is 11.5 Å². The summed E-state index contributed by atoms with van der Waals surface area (Å²) in [7, 11) is 3.23. The van der Waals surface area contributed by atoms with Gasteiger partial charge in [0.25, 0.3) is 0 Å². The minimum absolute atomic E-state index is 0.0388. The molecule has 1 fully saturated rings. The van der Waals surface area contributed by atoms with Crippen LogP contribution in [-0.4, -0.2) is 39.9 Å². The van der Waals surface area contributed by atoms with E-state index in [9.17, 15) is 4.79 Å². The minimum atomic E-state index is -0.101. The van der Waals surface area contributed by atoms with Crippen LogP contribution >= 0.6 is 0 Å². The third-order valence-corrected chi connectivity index (χ3v) is 3.54. The molecular formula is C15H21NO4. The summed E-state index contributed by atoms with van der Waals surface area (Å²) in [5.74, 6) is 1.26. The number of carbonyl (C=O) groups excluding carboxylic acids is 1. The molecule has 1 unspecified atom stereocenters. The largest absolute Gasteiger partial charge is 0.493 e. The molecule has 5 nitrogen and oxygen atoms in total. The van der Waals surface area contributed by atoms with Crippen molar-refractivity contribution in [1.29, 1.82) is 0 Å². The number of anilines is 1. The van der Waals surface area contributed by atoms with Gasteiger partial charge in [-0.25, -0.2) is 0 Å². The Morgan fingerprint density at radius 2 is 2.05 bits per heavy atom. The van der Waals surface area contributed by atoms with Crippen LogP contribution < -0.4 is 14.4 Å². The molecule has 5 heteroatoms. The predicted molar refractivity (Wildman–Crippen MR) is 76.5 cm³/mol. The molecule has 0 bridgehead atoms. The first-order chi connectivity index (χ1) is 9.69. The summed E-state index contributed by atoms with van der Waals surface area (Å²) in [5.41, 5.74) is 1.04. The van der Waals surface area contributed by atoms with Crippen molar-refractivity contribution in [3.63, 3.8) is 0 Å². The lowest BCUT2D eigenvalue weighted by atomic mass is 10.1. The molecule has 0 aliphatic carbocycles. The van der Waals surface area contributed by atoms with Crippen molar-refractivity contribution in [2.24, 2.45) is 5.92 Å². The second kappa shape index (κ2) is 6.50. The average Bonchev–Trinajstić information content (AvgIpc) is 2.96. The lowest BCUT2D eigenvalue weighted by molar-refractivity contribution is -0.147. The number of rotatable bonds is 5. The number of carbonyl (C=O) groups is 1. The number of hydrogen-bond acceptors (Lipinski definition) is 5. The van der Waals surface area contributed by atoms with Crippen LogP contribution in [-0.2, 0) is 9.53 Å². The molecule has 2 rings (SSSR count). The molecule has 0 radical (unpaired) electrons. The quantitative estimate of drug-likeness (QED) is 0.772. The summed E-state index contributed by atoms with van der Waals surface area (Å²) in [6, 6.07) is 5.80. The first kappa shape index (κ1) is 14.5. The van der Waals surface area contributed by atoms with Crippen molar-refractivity contribution in [3.05, 3.63) is 18.2 Å². The van der Waals surface area contributed by atoms with Gasteiger partial charge in [-0.3, -0.25) is 4.79 Å². The van der Waals surface area contributed by atoms with Crippen LogP contribution in [0.4, 0.5) is 5.69 Å². The summed E-state index contributed by atoms with van der Waals surface area (Å²) in [4.78, 5) is 13.9. The van der Waals surface area contributed by atoms with Gasteiger partial charge in [-0.15, -0.1) is 0 Å². The van der Waals surface area contributed by atoms with Gasteiger partial charge < -0.3 is 19.1 Å². The summed E-state index contributed by atoms with van der Waals surface area (Å²) in [6.07, 6.45) is 0.827. The molecule has 0 spiro atoms. The van der Waals surface area contributed by atoms with E-state index < -0.39 is 0 Å². The highest BCUT2D eigenvalue weighted by molar-refractivity contribution is 5.74. The fraction of sp³-hybridized carbons (Fsp3) is 0.533. The second-order valence-electron chi connectivity index (χ2n) is 4.72. The van der Waals surface area contributed by atoms with Gasteiger partial charge in [-0.2, -0.15) is 0 Å². The molecule has 20 heavy (non-hydrogen) atoms. The Morgan fingerprint density at radius 1 is 1.30 bits per heavy atom. The van der Waals surface area contributed by atoms with Crippen molar-refractivity contribution in [1.82, 2.24) is 0 Å². The number of esters is 1. The number of hydrogen-bond donors (Lipinski definition) is 0. The Hall–Kier alpha value is -1.91. The molecule has 1 saturated heterocycles. The van der Waals surface area contributed by atoms with Gasteiger partial charge >= 0.3 is 5.97 Å². The Morgan fingerprint density at radius 3 is 2.70 bits per heavy atom. The maximum Gasteiger partial charge on any atom is 0.310 e. The van der Waals surface area contributed by atoms with Crippen LogP contribution in [0, 0.1) is 5.92 Å². The van der Waals surface area contributed by atoms with E-state index in [1.54, 1.807) is 14.2 Å². The van der Waals surface area contributed by atoms with Crippen LogP contribution in [0.3, 0.4) is 0 Å². The van der Waals surface area contributed by atoms with Crippen molar-refractivity contribution >= 4 is 11.7 Å². The maximum atomic E-state index is 11.8. The first-order valence-corrected chi connectivity index (χ1v) is 6.83. The molecule has 0 saturated carbocycles. The van der Waals surface area contributed by atoms with Crippen molar-refractivity contribution in [2.75, 3.05) is 38.8 Å². The topological polar surface area (TPSA) is 48.0 Å². The Labute approximate surface area is 119 Å². The Bertz CT molecular complexity index is 475. The Balaban J connectivity index is 2.08. The monoisotopic (exact) mass is 279 g/mol. The predicted octanol–water partition coefficient (Wildman–Crippen LogP) is 2.09. The number of nitrogens with zero attached hydrogens (tertiary/aromatic N) is 1. The lowest BCUT2D eigenvalue weighted by Crippen LogP contribution is -2.24. The van der Waals surface area contributed by atoms with E-state index in [1.165, 1.54) is 0 Å². The maximum absolute atomic E-state index is 11.8. The number of benzene rings is 1. The molecule has 1 aromatic rings. The van der Waals surface area contributed by atoms with E-state index in [-0.39, 0.29) is 11.9 Å². The average molecular weight is 279 g/mol. The van der Waals surface area contributed by atoms with E-state index in [0.29, 0.717) is 24.7 Å². The highest BCUT2D eigenvalue weighted by Gasteiger charge is 2.29. The minimum Gasteiger partial charge on any atom is -0.493 e. The second-order valence-corrected chi connectivity index (χ2v) is 4.72. The zero-order valence-corrected chi connectivity index (χ0v) is 12.2. The van der Waals surface area contributed by atoms with E-state index in [4.69, 9.17) is 14.2 Å². The van der Waals surface area contributed by atoms with E-state index in [2.05, 4.69) is 4.90 Å². The van der Waals surface area contributed by atoms with Crippen LogP contribution in [0.1, 0.15) is 13.3 Å². The zero-order valence-electron chi connectivity index (χ0n) is 12.2. The van der Waals surface area contributed by atoms with Crippen molar-refractivity contribution in [3.8, 4) is 11.5 Å². The summed E-state index contributed by atoms with van der Waals surface area (Å²) in [5, 5.41) is 0. The van der Waals surface area contributed by atoms with Gasteiger partial charge in [0.15, 0.2) is 11.5 Å². The van der Waals surface area contributed by atoms with Crippen molar-refractivity contribution < 1.29 is 19.0 Å². The fourth-order valence-corrected chi connectivity index (χ4v) is 2.47. The highest BCUT2D eigenvalue weighted by atomic mass is 16.5. The molecule has 1 aliphatic heterocycles. The van der Waals surface area contributed by atoms with Crippen LogP contribution in [0.25, 0.3) is 0 Å².